The highest BCUT2D eigenvalue weighted by molar-refractivity contribution is 6.31. The maximum Gasteiger partial charge on any atom is 0.257 e. The average molecular weight is 655 g/mol. The number of amides is 2. The smallest absolute Gasteiger partial charge is 0.257 e. The van der Waals surface area contributed by atoms with E-state index in [4.69, 9.17) is 11.6 Å². The van der Waals surface area contributed by atoms with Crippen LogP contribution in [0.5, 0.6) is 0 Å². The van der Waals surface area contributed by atoms with Gasteiger partial charge in [0, 0.05) is 67.0 Å². The molecule has 11 heteroatoms. The summed E-state index contributed by atoms with van der Waals surface area (Å²) in [7, 11) is 0. The Bertz CT molecular complexity index is 1920. The van der Waals surface area contributed by atoms with Crippen molar-refractivity contribution in [1.82, 2.24) is 24.1 Å². The summed E-state index contributed by atoms with van der Waals surface area (Å²) in [4.78, 5) is 43.4. The molecule has 1 N–H and O–H groups in total. The lowest BCUT2D eigenvalue weighted by Crippen LogP contribution is -2.49. The first-order valence-electron chi connectivity index (χ1n) is 15.7. The highest BCUT2D eigenvalue weighted by Gasteiger charge is 2.24. The number of hydrogen-bond acceptors (Lipinski definition) is 5. The summed E-state index contributed by atoms with van der Waals surface area (Å²) >= 11 is 6.33. The number of fused-ring (bicyclic) bond motifs is 1. The van der Waals surface area contributed by atoms with Gasteiger partial charge in [0.2, 0.25) is 5.91 Å². The summed E-state index contributed by atoms with van der Waals surface area (Å²) in [6.07, 6.45) is 4.56. The Morgan fingerprint density at radius 2 is 1.66 bits per heavy atom. The number of Topliss-reactive ketones (excluding diaryl/α,β-unsaturated/α-hetero) is 1. The van der Waals surface area contributed by atoms with Crippen molar-refractivity contribution in [2.45, 2.75) is 39.8 Å². The Labute approximate surface area is 277 Å². The SMILES string of the molecule is CCCC(=O)c1cnn(-c2ccc(NC(=O)c3cn(CC(=O)N4CCN(Cc5ccc(F)cc5)CC4)c4ccc(Cl)cc34)cc2)c1C. The number of nitrogens with zero attached hydrogens (tertiary/aromatic N) is 5. The lowest BCUT2D eigenvalue weighted by molar-refractivity contribution is -0.133. The van der Waals surface area contributed by atoms with E-state index in [0.717, 1.165) is 42.0 Å². The van der Waals surface area contributed by atoms with Gasteiger partial charge in [-0.25, -0.2) is 9.07 Å². The molecule has 0 bridgehead atoms. The predicted molar refractivity (Wildman–Crippen MR) is 181 cm³/mol. The topological polar surface area (TPSA) is 92.5 Å². The van der Waals surface area contributed by atoms with Gasteiger partial charge >= 0.3 is 0 Å². The van der Waals surface area contributed by atoms with E-state index in [2.05, 4.69) is 15.3 Å². The van der Waals surface area contributed by atoms with Gasteiger partial charge in [0.05, 0.1) is 28.7 Å². The molecule has 0 saturated carbocycles. The first-order valence-corrected chi connectivity index (χ1v) is 16.1. The zero-order chi connectivity index (χ0) is 33.1. The lowest BCUT2D eigenvalue weighted by atomic mass is 10.1. The fraction of sp³-hybridized carbons (Fsp3) is 0.278. The van der Waals surface area contributed by atoms with Gasteiger partial charge in [-0.15, -0.1) is 0 Å². The minimum Gasteiger partial charge on any atom is -0.339 e. The summed E-state index contributed by atoms with van der Waals surface area (Å²) in [5.41, 5.74) is 4.92. The molecule has 0 spiro atoms. The molecule has 3 heterocycles. The molecule has 1 aliphatic heterocycles. The van der Waals surface area contributed by atoms with Gasteiger partial charge in [0.25, 0.3) is 5.91 Å². The fourth-order valence-corrected chi connectivity index (χ4v) is 6.19. The molecular weight excluding hydrogens is 619 g/mol. The van der Waals surface area contributed by atoms with Crippen molar-refractivity contribution in [3.8, 4) is 5.69 Å². The number of piperazine rings is 1. The highest BCUT2D eigenvalue weighted by Crippen LogP contribution is 2.27. The summed E-state index contributed by atoms with van der Waals surface area (Å²) in [5.74, 6) is -0.541. The standard InChI is InChI=1S/C36H36ClFN6O3/c1-3-4-34(45)31-20-39-44(24(31)2)29-12-10-28(11-13-29)40-36(47)32-22-43(33-14-7-26(37)19-30(32)33)23-35(46)42-17-15-41(16-18-42)21-25-5-8-27(38)9-6-25/h5-14,19-20,22H,3-4,15-18,21,23H2,1-2H3,(H,40,47). The van der Waals surface area contributed by atoms with Crippen LogP contribution in [0.4, 0.5) is 10.1 Å². The summed E-state index contributed by atoms with van der Waals surface area (Å²) < 4.78 is 16.8. The minimum atomic E-state index is -0.326. The summed E-state index contributed by atoms with van der Waals surface area (Å²) in [6, 6.07) is 19.1. The molecule has 3 aromatic carbocycles. The van der Waals surface area contributed by atoms with Crippen LogP contribution in [0.3, 0.4) is 0 Å². The van der Waals surface area contributed by atoms with E-state index in [9.17, 15) is 18.8 Å². The molecule has 0 aliphatic carbocycles. The molecule has 242 valence electrons. The number of rotatable bonds is 10. The van der Waals surface area contributed by atoms with Crippen LogP contribution in [0, 0.1) is 12.7 Å². The predicted octanol–water partition coefficient (Wildman–Crippen LogP) is 6.51. The average Bonchev–Trinajstić information content (AvgIpc) is 3.63. The normalized spacial score (nSPS) is 13.7. The van der Waals surface area contributed by atoms with E-state index in [0.29, 0.717) is 53.3 Å². The van der Waals surface area contributed by atoms with Gasteiger partial charge in [0.15, 0.2) is 5.78 Å². The van der Waals surface area contributed by atoms with Crippen LogP contribution in [0.25, 0.3) is 16.6 Å². The Morgan fingerprint density at radius 3 is 2.36 bits per heavy atom. The number of hydrogen-bond donors (Lipinski definition) is 1. The van der Waals surface area contributed by atoms with Gasteiger partial charge in [0.1, 0.15) is 12.4 Å². The number of ketones is 1. The third-order valence-electron chi connectivity index (χ3n) is 8.59. The van der Waals surface area contributed by atoms with Crippen LogP contribution in [0.15, 0.2) is 79.1 Å². The second-order valence-electron chi connectivity index (χ2n) is 11.8. The lowest BCUT2D eigenvalue weighted by Gasteiger charge is -2.35. The molecule has 2 amide bonds. The fourth-order valence-electron chi connectivity index (χ4n) is 6.02. The van der Waals surface area contributed by atoms with Crippen molar-refractivity contribution in [3.05, 3.63) is 112 Å². The van der Waals surface area contributed by atoms with Gasteiger partial charge in [-0.3, -0.25) is 19.3 Å². The molecule has 5 aromatic rings. The maximum atomic E-state index is 13.5. The third kappa shape index (κ3) is 7.13. The van der Waals surface area contributed by atoms with Crippen LogP contribution in [0.1, 0.15) is 51.7 Å². The largest absolute Gasteiger partial charge is 0.339 e. The number of anilines is 1. The molecule has 2 aromatic heterocycles. The number of aromatic nitrogens is 3. The zero-order valence-corrected chi connectivity index (χ0v) is 27.1. The van der Waals surface area contributed by atoms with Gasteiger partial charge in [-0.1, -0.05) is 30.7 Å². The second-order valence-corrected chi connectivity index (χ2v) is 12.3. The first-order chi connectivity index (χ1) is 22.7. The molecule has 47 heavy (non-hydrogen) atoms. The number of benzene rings is 3. The zero-order valence-electron chi connectivity index (χ0n) is 26.4. The number of carbonyl (C=O) groups excluding carboxylic acids is 3. The number of nitrogens with one attached hydrogen (secondary N) is 1. The number of carbonyl (C=O) groups is 3. The van der Waals surface area contributed by atoms with Crippen LogP contribution >= 0.6 is 11.6 Å². The quantitative estimate of drug-likeness (QED) is 0.174. The van der Waals surface area contributed by atoms with E-state index < -0.39 is 0 Å². The Morgan fingerprint density at radius 1 is 0.936 bits per heavy atom. The van der Waals surface area contributed by atoms with Crippen LogP contribution in [0.2, 0.25) is 5.02 Å². The van der Waals surface area contributed by atoms with Crippen molar-refractivity contribution in [2.75, 3.05) is 31.5 Å². The molecule has 1 saturated heterocycles. The molecule has 9 nitrogen and oxygen atoms in total. The highest BCUT2D eigenvalue weighted by atomic mass is 35.5. The molecule has 0 radical (unpaired) electrons. The van der Waals surface area contributed by atoms with Crippen molar-refractivity contribution in [3.63, 3.8) is 0 Å². The van der Waals surface area contributed by atoms with E-state index in [-0.39, 0.29) is 30.0 Å². The molecule has 0 unspecified atom stereocenters. The molecule has 6 rings (SSSR count). The Hall–Kier alpha value is -4.80. The van der Waals surface area contributed by atoms with E-state index >= 15 is 0 Å². The summed E-state index contributed by atoms with van der Waals surface area (Å²) in [5, 5.41) is 8.50. The minimum absolute atomic E-state index is 0.0331. The van der Waals surface area contributed by atoms with Crippen molar-refractivity contribution in [2.24, 2.45) is 0 Å². The maximum absolute atomic E-state index is 13.5. The first kappa shape index (κ1) is 32.2. The van der Waals surface area contributed by atoms with Crippen LogP contribution in [-0.2, 0) is 17.9 Å². The van der Waals surface area contributed by atoms with Crippen LogP contribution < -0.4 is 5.32 Å². The van der Waals surface area contributed by atoms with Gasteiger partial charge in [-0.2, -0.15) is 5.10 Å². The van der Waals surface area contributed by atoms with Crippen LogP contribution in [-0.4, -0.2) is 67.9 Å². The van der Waals surface area contributed by atoms with E-state index in [1.165, 1.54) is 12.1 Å². The Balaban J connectivity index is 1.12. The van der Waals surface area contributed by atoms with E-state index in [1.807, 2.05) is 36.9 Å². The molecular formula is C36H36ClFN6O3. The third-order valence-corrected chi connectivity index (χ3v) is 8.83. The van der Waals surface area contributed by atoms with Gasteiger partial charge < -0.3 is 14.8 Å². The van der Waals surface area contributed by atoms with Gasteiger partial charge in [-0.05, 0) is 73.5 Å². The van der Waals surface area contributed by atoms with Crippen molar-refractivity contribution >= 4 is 45.8 Å². The Kier molecular flexibility index (Phi) is 9.51. The number of halogens is 2. The summed E-state index contributed by atoms with van der Waals surface area (Å²) in [6.45, 7) is 7.24. The second kappa shape index (κ2) is 13.9. The van der Waals surface area contributed by atoms with Crippen molar-refractivity contribution in [1.29, 1.82) is 0 Å². The monoisotopic (exact) mass is 654 g/mol. The molecule has 0 atom stereocenters. The molecule has 1 aliphatic rings. The molecule has 1 fully saturated rings. The van der Waals surface area contributed by atoms with Crippen molar-refractivity contribution < 1.29 is 18.8 Å². The van der Waals surface area contributed by atoms with E-state index in [1.54, 1.807) is 58.0 Å².